The zero-order valence-corrected chi connectivity index (χ0v) is 32.3. The van der Waals surface area contributed by atoms with E-state index in [4.69, 9.17) is 24.9 Å². The molecular weight excluding hydrogens is 722 g/mol. The number of nitrogens with one attached hydrogen (secondary N) is 3. The predicted octanol–water partition coefficient (Wildman–Crippen LogP) is 5.34. The number of carbonyl (C=O) groups excluding carboxylic acids is 5. The van der Waals surface area contributed by atoms with E-state index in [0.29, 0.717) is 59.5 Å². The molecular formula is C40H51N7O9. The summed E-state index contributed by atoms with van der Waals surface area (Å²) in [6.07, 6.45) is 1.22. The van der Waals surface area contributed by atoms with Crippen molar-refractivity contribution in [3.05, 3.63) is 59.9 Å². The number of pyridine rings is 1. The van der Waals surface area contributed by atoms with E-state index in [2.05, 4.69) is 20.9 Å². The van der Waals surface area contributed by atoms with E-state index >= 15 is 0 Å². The number of primary amides is 1. The Morgan fingerprint density at radius 1 is 0.964 bits per heavy atom. The number of imidazole rings is 1. The highest BCUT2D eigenvalue weighted by atomic mass is 16.5. The van der Waals surface area contributed by atoms with Gasteiger partial charge in [-0.2, -0.15) is 0 Å². The lowest BCUT2D eigenvalue weighted by Crippen LogP contribution is -2.47. The van der Waals surface area contributed by atoms with Crippen LogP contribution in [0, 0.1) is 11.3 Å². The van der Waals surface area contributed by atoms with Crippen LogP contribution in [0.4, 0.5) is 21.1 Å². The molecule has 16 nitrogen and oxygen atoms in total. The molecule has 1 saturated carbocycles. The normalized spacial score (nSPS) is 14.1. The van der Waals surface area contributed by atoms with Gasteiger partial charge in [0.2, 0.25) is 5.91 Å². The molecule has 16 heteroatoms. The number of aromatic nitrogens is 3. The fourth-order valence-electron chi connectivity index (χ4n) is 6.74. The van der Waals surface area contributed by atoms with E-state index in [1.807, 2.05) is 35.8 Å². The molecule has 1 aliphatic carbocycles. The fourth-order valence-corrected chi connectivity index (χ4v) is 6.74. The van der Waals surface area contributed by atoms with Crippen LogP contribution in [0.25, 0.3) is 21.9 Å². The maximum Gasteiger partial charge on any atom is 0.413 e. The number of urea groups is 1. The van der Waals surface area contributed by atoms with Crippen molar-refractivity contribution in [2.24, 2.45) is 17.1 Å². The van der Waals surface area contributed by atoms with Gasteiger partial charge in [0.15, 0.2) is 11.6 Å². The number of nitrogens with zero attached hydrogens (tertiary/aromatic N) is 3. The summed E-state index contributed by atoms with van der Waals surface area (Å²) in [5, 5.41) is 19.6. The average molecular weight is 774 g/mol. The molecule has 0 saturated heterocycles. The smallest absolute Gasteiger partial charge is 0.413 e. The first kappa shape index (κ1) is 41.6. The Bertz CT molecular complexity index is 2050. The van der Waals surface area contributed by atoms with Gasteiger partial charge < -0.3 is 40.3 Å². The van der Waals surface area contributed by atoms with Crippen LogP contribution >= 0.6 is 0 Å². The standard InChI is InChI=1S/C40H51N7O9/c1-5-54-23-31-45-32-33(47(31)24-39(3,4)53)28-12-7-8-13-29(28)44-34(32)46-38(52)56-22-25-14-16-27(17-15-25)43-35(49)26(11-9-20-42-37(41)51)21-30(48)40(18-10-19-40)36(50)55-6-2/h7-8,12-17,26,53H,5-6,9-11,18-24H2,1-4H3,(H,43,49)(H3,41,42,51)(H,44,46,52)/t26-/m1/s1. The summed E-state index contributed by atoms with van der Waals surface area (Å²) in [6.45, 7) is 8.14. The number of carbonyl (C=O) groups is 5. The number of anilines is 2. The van der Waals surface area contributed by atoms with Gasteiger partial charge in [-0.25, -0.2) is 19.6 Å². The molecule has 6 N–H and O–H groups in total. The van der Waals surface area contributed by atoms with Crippen LogP contribution in [-0.2, 0) is 48.4 Å². The fraction of sp³-hybridized carbons (Fsp3) is 0.475. The highest BCUT2D eigenvalue weighted by Gasteiger charge is 2.52. The van der Waals surface area contributed by atoms with Crippen molar-refractivity contribution in [1.82, 2.24) is 19.9 Å². The summed E-state index contributed by atoms with van der Waals surface area (Å²) in [5.74, 6) is -1.31. The Balaban J connectivity index is 1.25. The van der Waals surface area contributed by atoms with Crippen LogP contribution in [0.3, 0.4) is 0 Å². The van der Waals surface area contributed by atoms with Crippen LogP contribution in [-0.4, -0.2) is 74.8 Å². The number of amides is 4. The Labute approximate surface area is 324 Å². The molecule has 1 atom stereocenters. The van der Waals surface area contributed by atoms with Gasteiger partial charge >= 0.3 is 18.1 Å². The second kappa shape index (κ2) is 18.3. The van der Waals surface area contributed by atoms with Crippen molar-refractivity contribution in [1.29, 1.82) is 0 Å². The maximum absolute atomic E-state index is 13.5. The predicted molar refractivity (Wildman–Crippen MR) is 208 cm³/mol. The van der Waals surface area contributed by atoms with Gasteiger partial charge in [-0.15, -0.1) is 0 Å². The zero-order chi connectivity index (χ0) is 40.5. The van der Waals surface area contributed by atoms with Gasteiger partial charge in [0.05, 0.1) is 29.8 Å². The third kappa shape index (κ3) is 10.2. The summed E-state index contributed by atoms with van der Waals surface area (Å²) in [5.41, 5.74) is 5.69. The molecule has 0 spiro atoms. The monoisotopic (exact) mass is 773 g/mol. The number of fused-ring (bicyclic) bond motifs is 3. The number of hydrogen-bond acceptors (Lipinski definition) is 11. The van der Waals surface area contributed by atoms with Crippen molar-refractivity contribution in [2.75, 3.05) is 30.4 Å². The highest BCUT2D eigenvalue weighted by Crippen LogP contribution is 2.44. The van der Waals surface area contributed by atoms with Crippen LogP contribution in [0.2, 0.25) is 0 Å². The Morgan fingerprint density at radius 3 is 2.34 bits per heavy atom. The third-order valence-electron chi connectivity index (χ3n) is 9.69. The first-order valence-corrected chi connectivity index (χ1v) is 18.9. The molecule has 0 bridgehead atoms. The van der Waals surface area contributed by atoms with Gasteiger partial charge in [0, 0.05) is 36.6 Å². The van der Waals surface area contributed by atoms with E-state index in [9.17, 15) is 29.1 Å². The lowest BCUT2D eigenvalue weighted by atomic mass is 9.64. The Kier molecular flexibility index (Phi) is 13.6. The van der Waals surface area contributed by atoms with Crippen molar-refractivity contribution in [3.8, 4) is 0 Å². The lowest BCUT2D eigenvalue weighted by Gasteiger charge is -2.38. The summed E-state index contributed by atoms with van der Waals surface area (Å²) >= 11 is 0. The van der Waals surface area contributed by atoms with Crippen molar-refractivity contribution < 1.29 is 43.3 Å². The van der Waals surface area contributed by atoms with Gasteiger partial charge in [0.25, 0.3) is 0 Å². The van der Waals surface area contributed by atoms with Gasteiger partial charge in [-0.3, -0.25) is 19.7 Å². The minimum absolute atomic E-state index is 0.0978. The molecule has 1 aliphatic rings. The largest absolute Gasteiger partial charge is 0.465 e. The number of nitrogens with two attached hydrogens (primary N) is 1. The number of esters is 1. The number of ether oxygens (including phenoxy) is 3. The number of ketones is 1. The summed E-state index contributed by atoms with van der Waals surface area (Å²) in [4.78, 5) is 73.4. The van der Waals surface area contributed by atoms with Crippen LogP contribution < -0.4 is 21.7 Å². The SMILES string of the molecule is CCOCc1nc2c(NC(=O)OCc3ccc(NC(=O)[C@H](CCCNC(N)=O)CC(=O)C4(C(=O)OCC)CCC4)cc3)nc3ccccc3c2n1CC(C)(C)O. The molecule has 0 aliphatic heterocycles. The topological polar surface area (TPSA) is 226 Å². The molecule has 2 aromatic heterocycles. The minimum atomic E-state index is -1.23. The number of hydrogen-bond donors (Lipinski definition) is 5. The lowest BCUT2D eigenvalue weighted by molar-refractivity contribution is -0.167. The van der Waals surface area contributed by atoms with E-state index < -0.39 is 40.9 Å². The number of para-hydroxylation sites is 1. The number of rotatable bonds is 19. The average Bonchev–Trinajstić information content (AvgIpc) is 3.48. The van der Waals surface area contributed by atoms with E-state index in [0.717, 1.165) is 11.8 Å². The molecule has 4 aromatic rings. The number of aliphatic hydroxyl groups is 1. The molecule has 2 aromatic carbocycles. The number of Topliss-reactive ketones (excluding diaryl/α,β-unsaturated/α-hetero) is 1. The van der Waals surface area contributed by atoms with Crippen molar-refractivity contribution >= 4 is 63.2 Å². The molecule has 0 radical (unpaired) electrons. The molecule has 0 unspecified atom stereocenters. The van der Waals surface area contributed by atoms with Gasteiger partial charge in [-0.05, 0) is 77.1 Å². The van der Waals surface area contributed by atoms with Crippen LogP contribution in [0.5, 0.6) is 0 Å². The molecule has 56 heavy (non-hydrogen) atoms. The van der Waals surface area contributed by atoms with E-state index in [1.54, 1.807) is 45.0 Å². The molecule has 4 amide bonds. The van der Waals surface area contributed by atoms with E-state index in [-0.39, 0.29) is 57.4 Å². The maximum atomic E-state index is 13.5. The summed E-state index contributed by atoms with van der Waals surface area (Å²) in [6, 6.07) is 13.4. The van der Waals surface area contributed by atoms with Crippen LogP contribution in [0.1, 0.15) is 77.6 Å². The Morgan fingerprint density at radius 2 is 1.70 bits per heavy atom. The molecule has 1 fully saturated rings. The second-order valence-corrected chi connectivity index (χ2v) is 14.5. The third-order valence-corrected chi connectivity index (χ3v) is 9.69. The molecule has 5 rings (SSSR count). The van der Waals surface area contributed by atoms with E-state index in [1.165, 1.54) is 0 Å². The quantitative estimate of drug-likeness (QED) is 0.0465. The zero-order valence-electron chi connectivity index (χ0n) is 32.3. The number of benzene rings is 2. The van der Waals surface area contributed by atoms with Gasteiger partial charge in [-0.1, -0.05) is 36.8 Å². The van der Waals surface area contributed by atoms with Crippen molar-refractivity contribution in [2.45, 2.75) is 91.6 Å². The summed E-state index contributed by atoms with van der Waals surface area (Å²) in [7, 11) is 0. The molecule has 300 valence electrons. The summed E-state index contributed by atoms with van der Waals surface area (Å²) < 4.78 is 18.3. The first-order valence-electron chi connectivity index (χ1n) is 18.9. The van der Waals surface area contributed by atoms with Gasteiger partial charge in [0.1, 0.15) is 30.0 Å². The first-order chi connectivity index (χ1) is 26.7. The highest BCUT2D eigenvalue weighted by molar-refractivity contribution is 6.09. The molecule has 2 heterocycles. The minimum Gasteiger partial charge on any atom is -0.465 e. The second-order valence-electron chi connectivity index (χ2n) is 14.5. The van der Waals surface area contributed by atoms with Crippen LogP contribution in [0.15, 0.2) is 48.5 Å². The van der Waals surface area contributed by atoms with Crippen molar-refractivity contribution in [3.63, 3.8) is 0 Å². The Hall–Kier alpha value is -5.61.